The molecule has 11 heteroatoms. The van der Waals surface area contributed by atoms with Gasteiger partial charge in [0, 0.05) is 6.20 Å². The van der Waals surface area contributed by atoms with E-state index in [4.69, 9.17) is 9.47 Å². The summed E-state index contributed by atoms with van der Waals surface area (Å²) < 4.78 is 12.1. The molecule has 1 atom stereocenters. The maximum Gasteiger partial charge on any atom is 0.269 e. The van der Waals surface area contributed by atoms with Crippen LogP contribution in [-0.4, -0.2) is 59.8 Å². The van der Waals surface area contributed by atoms with Gasteiger partial charge in [0.1, 0.15) is 11.1 Å². The highest BCUT2D eigenvalue weighted by atomic mass is 16.5. The number of carbonyl (C=O) groups excluding carboxylic acids is 1. The largest absolute Gasteiger partial charge is 0.461 e. The van der Waals surface area contributed by atoms with Crippen LogP contribution in [0.4, 0.5) is 5.82 Å². The van der Waals surface area contributed by atoms with Gasteiger partial charge in [-0.25, -0.2) is 9.97 Å². The van der Waals surface area contributed by atoms with E-state index < -0.39 is 12.0 Å². The van der Waals surface area contributed by atoms with Gasteiger partial charge in [-0.1, -0.05) is 6.07 Å². The number of ether oxygens (including phenoxy) is 2. The molecule has 0 saturated heterocycles. The van der Waals surface area contributed by atoms with Crippen LogP contribution < -0.4 is 10.1 Å². The van der Waals surface area contributed by atoms with E-state index in [1.807, 2.05) is 26.0 Å². The van der Waals surface area contributed by atoms with Gasteiger partial charge in [0.25, 0.3) is 5.91 Å². The summed E-state index contributed by atoms with van der Waals surface area (Å²) in [6.45, 7) is 3.81. The fourth-order valence-corrected chi connectivity index (χ4v) is 3.45. The SMILES string of the molecule is Cc1cnc(NC(=O)[C@H](COC2CCC2)Oc2nc(-c3ncccc3C)nc3[nH]ncc23)cn1. The second-order valence-electron chi connectivity index (χ2n) is 8.18. The van der Waals surface area contributed by atoms with Crippen molar-refractivity contribution in [3.8, 4) is 17.4 Å². The molecule has 2 N–H and O–H groups in total. The van der Waals surface area contributed by atoms with Gasteiger partial charge in [-0.15, -0.1) is 0 Å². The molecule has 0 radical (unpaired) electrons. The lowest BCUT2D eigenvalue weighted by molar-refractivity contribution is -0.128. The number of rotatable bonds is 8. The molecule has 0 aromatic carbocycles. The molecule has 1 aliphatic carbocycles. The van der Waals surface area contributed by atoms with Crippen molar-refractivity contribution in [1.82, 2.24) is 35.1 Å². The number of fused-ring (bicyclic) bond motifs is 1. The summed E-state index contributed by atoms with van der Waals surface area (Å²) in [6.07, 6.45) is 8.53. The van der Waals surface area contributed by atoms with Crippen molar-refractivity contribution in [3.05, 3.63) is 48.2 Å². The highest BCUT2D eigenvalue weighted by molar-refractivity contribution is 5.94. The van der Waals surface area contributed by atoms with Crippen molar-refractivity contribution < 1.29 is 14.3 Å². The molecule has 5 rings (SSSR count). The number of pyridine rings is 1. The van der Waals surface area contributed by atoms with Crippen LogP contribution in [0.3, 0.4) is 0 Å². The Hall–Kier alpha value is -3.99. The van der Waals surface area contributed by atoms with E-state index >= 15 is 0 Å². The second-order valence-corrected chi connectivity index (χ2v) is 8.18. The number of anilines is 1. The highest BCUT2D eigenvalue weighted by Gasteiger charge is 2.28. The first-order chi connectivity index (χ1) is 16.6. The predicted molar refractivity (Wildman–Crippen MR) is 123 cm³/mol. The molecule has 4 aromatic rings. The van der Waals surface area contributed by atoms with Crippen molar-refractivity contribution in [2.75, 3.05) is 11.9 Å². The Balaban J connectivity index is 1.45. The normalized spacial score (nSPS) is 14.5. The number of aryl methyl sites for hydroxylation is 2. The first kappa shape index (κ1) is 21.8. The average Bonchev–Trinajstić information content (AvgIpc) is 3.28. The summed E-state index contributed by atoms with van der Waals surface area (Å²) in [7, 11) is 0. The third-order valence-electron chi connectivity index (χ3n) is 5.61. The molecule has 11 nitrogen and oxygen atoms in total. The van der Waals surface area contributed by atoms with Gasteiger partial charge in [0.15, 0.2) is 17.3 Å². The first-order valence-electron chi connectivity index (χ1n) is 11.1. The van der Waals surface area contributed by atoms with E-state index in [9.17, 15) is 4.79 Å². The summed E-state index contributed by atoms with van der Waals surface area (Å²) in [5.74, 6) is 0.497. The molecule has 0 aliphatic heterocycles. The number of hydrogen-bond donors (Lipinski definition) is 2. The lowest BCUT2D eigenvalue weighted by atomic mass is 9.96. The van der Waals surface area contributed by atoms with Crippen LogP contribution in [0.1, 0.15) is 30.5 Å². The topological polar surface area (TPSA) is 141 Å². The van der Waals surface area contributed by atoms with Crippen LogP contribution in [0.15, 0.2) is 36.9 Å². The number of aromatic nitrogens is 7. The van der Waals surface area contributed by atoms with Gasteiger partial charge in [-0.2, -0.15) is 10.1 Å². The first-order valence-corrected chi connectivity index (χ1v) is 11.1. The minimum Gasteiger partial charge on any atom is -0.461 e. The maximum atomic E-state index is 13.1. The zero-order valence-corrected chi connectivity index (χ0v) is 18.9. The predicted octanol–water partition coefficient (Wildman–Crippen LogP) is 2.78. The zero-order valence-electron chi connectivity index (χ0n) is 18.9. The Bertz CT molecular complexity index is 1300. The van der Waals surface area contributed by atoms with E-state index in [0.717, 1.165) is 30.5 Å². The standard InChI is InChI=1S/C23H24N8O3/c1-13-5-4-8-24-19(13)21-29-20-16(10-27-31-20)23(30-21)34-17(12-33-15-6-3-7-15)22(32)28-18-11-25-14(2)9-26-18/h4-5,8-11,15,17H,3,6-7,12H2,1-2H3,(H,26,28,32)(H,27,29,30,31)/t17-/m0/s1. The Kier molecular flexibility index (Phi) is 6.09. The Morgan fingerprint density at radius 1 is 1.18 bits per heavy atom. The molecule has 1 saturated carbocycles. The lowest BCUT2D eigenvalue weighted by Crippen LogP contribution is -2.39. The molecule has 174 valence electrons. The van der Waals surface area contributed by atoms with E-state index in [2.05, 4.69) is 40.4 Å². The van der Waals surface area contributed by atoms with Crippen molar-refractivity contribution in [1.29, 1.82) is 0 Å². The Morgan fingerprint density at radius 2 is 2.06 bits per heavy atom. The molecule has 34 heavy (non-hydrogen) atoms. The molecular formula is C23H24N8O3. The minimum atomic E-state index is -0.977. The molecule has 4 heterocycles. The van der Waals surface area contributed by atoms with E-state index in [1.165, 1.54) is 6.20 Å². The van der Waals surface area contributed by atoms with Crippen molar-refractivity contribution >= 4 is 22.8 Å². The molecule has 0 spiro atoms. The Morgan fingerprint density at radius 3 is 2.79 bits per heavy atom. The van der Waals surface area contributed by atoms with Crippen LogP contribution in [0, 0.1) is 13.8 Å². The number of aromatic amines is 1. The monoisotopic (exact) mass is 460 g/mol. The van der Waals surface area contributed by atoms with Crippen LogP contribution in [-0.2, 0) is 9.53 Å². The zero-order chi connectivity index (χ0) is 23.5. The second kappa shape index (κ2) is 9.48. The van der Waals surface area contributed by atoms with E-state index in [1.54, 1.807) is 18.6 Å². The number of H-pyrrole nitrogens is 1. The van der Waals surface area contributed by atoms with E-state index in [0.29, 0.717) is 28.4 Å². The summed E-state index contributed by atoms with van der Waals surface area (Å²) in [6, 6.07) is 3.77. The van der Waals surface area contributed by atoms with Crippen LogP contribution in [0.5, 0.6) is 5.88 Å². The average molecular weight is 460 g/mol. The van der Waals surface area contributed by atoms with Gasteiger partial charge in [0.2, 0.25) is 12.0 Å². The summed E-state index contributed by atoms with van der Waals surface area (Å²) in [5, 5.41) is 10.2. The van der Waals surface area contributed by atoms with Gasteiger partial charge < -0.3 is 14.8 Å². The summed E-state index contributed by atoms with van der Waals surface area (Å²) >= 11 is 0. The Labute approximate surface area is 195 Å². The van der Waals surface area contributed by atoms with Crippen LogP contribution >= 0.6 is 0 Å². The molecular weight excluding hydrogens is 436 g/mol. The number of nitrogens with one attached hydrogen (secondary N) is 2. The van der Waals surface area contributed by atoms with Crippen molar-refractivity contribution in [3.63, 3.8) is 0 Å². The molecule has 4 aromatic heterocycles. The van der Waals surface area contributed by atoms with Crippen molar-refractivity contribution in [2.45, 2.75) is 45.3 Å². The fraction of sp³-hybridized carbons (Fsp3) is 0.348. The molecule has 1 fully saturated rings. The van der Waals surface area contributed by atoms with Gasteiger partial charge in [0.05, 0.1) is 37.0 Å². The number of carbonyl (C=O) groups is 1. The number of nitrogens with zero attached hydrogens (tertiary/aromatic N) is 6. The minimum absolute atomic E-state index is 0.0666. The highest BCUT2D eigenvalue weighted by Crippen LogP contribution is 2.27. The van der Waals surface area contributed by atoms with E-state index in [-0.39, 0.29) is 18.6 Å². The fourth-order valence-electron chi connectivity index (χ4n) is 3.45. The number of hydrogen-bond acceptors (Lipinski definition) is 9. The van der Waals surface area contributed by atoms with Crippen LogP contribution in [0.2, 0.25) is 0 Å². The third-order valence-corrected chi connectivity index (χ3v) is 5.61. The maximum absolute atomic E-state index is 13.1. The molecule has 1 amide bonds. The molecule has 0 bridgehead atoms. The van der Waals surface area contributed by atoms with Gasteiger partial charge in [-0.05, 0) is 44.7 Å². The van der Waals surface area contributed by atoms with Crippen molar-refractivity contribution in [2.24, 2.45) is 0 Å². The lowest BCUT2D eigenvalue weighted by Gasteiger charge is -2.27. The molecule has 0 unspecified atom stereocenters. The quantitative estimate of drug-likeness (QED) is 0.406. The number of amides is 1. The smallest absolute Gasteiger partial charge is 0.269 e. The van der Waals surface area contributed by atoms with Gasteiger partial charge >= 0.3 is 0 Å². The van der Waals surface area contributed by atoms with Gasteiger partial charge in [-0.3, -0.25) is 19.9 Å². The molecule has 1 aliphatic rings. The third kappa shape index (κ3) is 4.69. The summed E-state index contributed by atoms with van der Waals surface area (Å²) in [5.41, 5.74) is 2.76. The summed E-state index contributed by atoms with van der Waals surface area (Å²) in [4.78, 5) is 35.0. The van der Waals surface area contributed by atoms with Crippen LogP contribution in [0.25, 0.3) is 22.6 Å².